The standard InChI is InChI=1S/C26H22N4O3/c31-24-22-17-5-6-18(12-17)23(22)25(32)30(24)20-8-3-15(4-9-20)14-28-26(33)29-19-7-10-21-16(13-19)2-1-11-27-21/h1-11,13,17-18,22-23H,12,14H2,(H2,28,29,33). The molecule has 164 valence electrons. The summed E-state index contributed by atoms with van der Waals surface area (Å²) in [5, 5.41) is 6.61. The number of amides is 4. The SMILES string of the molecule is O=C(NCc1ccc(N2C(=O)C3C4C=CC(C4)C3C2=O)cc1)Nc1ccc2ncccc2c1. The van der Waals surface area contributed by atoms with Gasteiger partial charge in [0.1, 0.15) is 0 Å². The summed E-state index contributed by atoms with van der Waals surface area (Å²) in [5.41, 5.74) is 3.02. The molecule has 4 atom stereocenters. The fraction of sp³-hybridized carbons (Fsp3) is 0.231. The number of carbonyl (C=O) groups is 3. The van der Waals surface area contributed by atoms with Crippen LogP contribution in [0.2, 0.25) is 0 Å². The minimum Gasteiger partial charge on any atom is -0.334 e. The second-order valence-corrected chi connectivity index (χ2v) is 8.90. The Morgan fingerprint density at radius 3 is 2.42 bits per heavy atom. The molecule has 0 spiro atoms. The maximum atomic E-state index is 12.9. The van der Waals surface area contributed by atoms with Gasteiger partial charge in [0.25, 0.3) is 0 Å². The molecule has 2 fully saturated rings. The summed E-state index contributed by atoms with van der Waals surface area (Å²) < 4.78 is 0. The number of allylic oxidation sites excluding steroid dienone is 2. The zero-order chi connectivity index (χ0) is 22.5. The van der Waals surface area contributed by atoms with Gasteiger partial charge in [-0.25, -0.2) is 4.79 Å². The average Bonchev–Trinajstić information content (AvgIpc) is 3.52. The van der Waals surface area contributed by atoms with Crippen LogP contribution in [0.5, 0.6) is 0 Å². The first-order chi connectivity index (χ1) is 16.1. The summed E-state index contributed by atoms with van der Waals surface area (Å²) in [6.45, 7) is 0.322. The normalized spacial score (nSPS) is 25.0. The van der Waals surface area contributed by atoms with E-state index < -0.39 is 0 Å². The minimum absolute atomic E-state index is 0.0855. The second-order valence-electron chi connectivity index (χ2n) is 8.90. The third kappa shape index (κ3) is 3.28. The van der Waals surface area contributed by atoms with Crippen molar-refractivity contribution in [3.8, 4) is 0 Å². The van der Waals surface area contributed by atoms with Crippen LogP contribution in [-0.4, -0.2) is 22.8 Å². The van der Waals surface area contributed by atoms with Crippen LogP contribution in [0.4, 0.5) is 16.2 Å². The van der Waals surface area contributed by atoms with Crippen LogP contribution in [-0.2, 0) is 16.1 Å². The van der Waals surface area contributed by atoms with Crippen molar-refractivity contribution in [2.45, 2.75) is 13.0 Å². The lowest BCUT2D eigenvalue weighted by molar-refractivity contribution is -0.123. The van der Waals surface area contributed by atoms with Crippen LogP contribution >= 0.6 is 0 Å². The molecule has 33 heavy (non-hydrogen) atoms. The lowest BCUT2D eigenvalue weighted by Crippen LogP contribution is -2.32. The van der Waals surface area contributed by atoms with Crippen LogP contribution in [0, 0.1) is 23.7 Å². The Balaban J connectivity index is 1.09. The Kier molecular flexibility index (Phi) is 4.50. The number of carbonyl (C=O) groups excluding carboxylic acids is 3. The van der Waals surface area contributed by atoms with E-state index in [0.717, 1.165) is 22.9 Å². The van der Waals surface area contributed by atoms with Crippen LogP contribution in [0.25, 0.3) is 10.9 Å². The summed E-state index contributed by atoms with van der Waals surface area (Å²) in [7, 11) is 0. The van der Waals surface area contributed by atoms with Gasteiger partial charge >= 0.3 is 6.03 Å². The third-order valence-corrected chi connectivity index (χ3v) is 6.98. The number of benzene rings is 2. The molecular formula is C26H22N4O3. The van der Waals surface area contributed by atoms with E-state index in [-0.39, 0.29) is 41.5 Å². The van der Waals surface area contributed by atoms with Gasteiger partial charge in [-0.05, 0) is 60.2 Å². The van der Waals surface area contributed by atoms with E-state index in [0.29, 0.717) is 17.9 Å². The first-order valence-corrected chi connectivity index (χ1v) is 11.1. The summed E-state index contributed by atoms with van der Waals surface area (Å²) in [6.07, 6.45) is 6.84. The molecule has 1 aliphatic heterocycles. The summed E-state index contributed by atoms with van der Waals surface area (Å²) in [5.74, 6) is -0.188. The Morgan fingerprint density at radius 2 is 1.70 bits per heavy atom. The van der Waals surface area contributed by atoms with Crippen molar-refractivity contribution in [3.63, 3.8) is 0 Å². The third-order valence-electron chi connectivity index (χ3n) is 6.98. The van der Waals surface area contributed by atoms with E-state index in [1.54, 1.807) is 18.3 Å². The van der Waals surface area contributed by atoms with Crippen LogP contribution < -0.4 is 15.5 Å². The number of nitrogens with one attached hydrogen (secondary N) is 2. The van der Waals surface area contributed by atoms with Crippen LogP contribution in [0.1, 0.15) is 12.0 Å². The smallest absolute Gasteiger partial charge is 0.319 e. The van der Waals surface area contributed by atoms with Crippen molar-refractivity contribution in [1.82, 2.24) is 10.3 Å². The number of aromatic nitrogens is 1. The fourth-order valence-corrected chi connectivity index (χ4v) is 5.43. The lowest BCUT2D eigenvalue weighted by atomic mass is 9.85. The molecule has 0 radical (unpaired) electrons. The largest absolute Gasteiger partial charge is 0.334 e. The molecule has 3 aromatic rings. The monoisotopic (exact) mass is 438 g/mol. The molecule has 2 aromatic carbocycles. The first-order valence-electron chi connectivity index (χ1n) is 11.1. The molecule has 4 unspecified atom stereocenters. The summed E-state index contributed by atoms with van der Waals surface area (Å²) in [4.78, 5) is 43.8. The highest BCUT2D eigenvalue weighted by Gasteiger charge is 2.59. The van der Waals surface area contributed by atoms with Crippen LogP contribution in [0.3, 0.4) is 0 Å². The first kappa shape index (κ1) is 19.7. The average molecular weight is 438 g/mol. The van der Waals surface area contributed by atoms with Gasteiger partial charge in [0.05, 0.1) is 23.0 Å². The zero-order valence-electron chi connectivity index (χ0n) is 17.8. The zero-order valence-corrected chi connectivity index (χ0v) is 17.8. The molecule has 1 aromatic heterocycles. The topological polar surface area (TPSA) is 91.4 Å². The summed E-state index contributed by atoms with van der Waals surface area (Å²) >= 11 is 0. The quantitative estimate of drug-likeness (QED) is 0.478. The van der Waals surface area contributed by atoms with E-state index in [2.05, 4.69) is 27.8 Å². The second kappa shape index (κ2) is 7.55. The number of imide groups is 1. The highest BCUT2D eigenvalue weighted by atomic mass is 16.2. The van der Waals surface area contributed by atoms with Crippen molar-refractivity contribution in [2.24, 2.45) is 23.7 Å². The van der Waals surface area contributed by atoms with Crippen molar-refractivity contribution in [2.75, 3.05) is 10.2 Å². The van der Waals surface area contributed by atoms with Gasteiger partial charge in [-0.1, -0.05) is 30.4 Å². The van der Waals surface area contributed by atoms with Gasteiger partial charge < -0.3 is 10.6 Å². The Bertz CT molecular complexity index is 1290. The van der Waals surface area contributed by atoms with Gasteiger partial charge in [-0.3, -0.25) is 19.5 Å². The molecule has 3 aliphatic rings. The van der Waals surface area contributed by atoms with Gasteiger partial charge in [0, 0.05) is 23.8 Å². The molecule has 1 saturated heterocycles. The number of nitrogens with zero attached hydrogens (tertiary/aromatic N) is 2. The maximum absolute atomic E-state index is 12.9. The molecule has 6 rings (SSSR count). The number of fused-ring (bicyclic) bond motifs is 6. The molecule has 7 nitrogen and oxygen atoms in total. The highest BCUT2D eigenvalue weighted by Crippen LogP contribution is 2.53. The number of anilines is 2. The Hall–Kier alpha value is -4.00. The maximum Gasteiger partial charge on any atom is 0.319 e. The molecule has 1 saturated carbocycles. The van der Waals surface area contributed by atoms with E-state index in [1.807, 2.05) is 42.5 Å². The summed E-state index contributed by atoms with van der Waals surface area (Å²) in [6, 6.07) is 16.2. The molecule has 2 aliphatic carbocycles. The van der Waals surface area contributed by atoms with Crippen LogP contribution in [0.15, 0.2) is 72.9 Å². The molecular weight excluding hydrogens is 416 g/mol. The van der Waals surface area contributed by atoms with Gasteiger partial charge in [0.2, 0.25) is 11.8 Å². The molecule has 7 heteroatoms. The van der Waals surface area contributed by atoms with Crippen molar-refractivity contribution >= 4 is 40.1 Å². The molecule has 2 bridgehead atoms. The highest BCUT2D eigenvalue weighted by molar-refractivity contribution is 6.22. The number of hydrogen-bond acceptors (Lipinski definition) is 4. The van der Waals surface area contributed by atoms with Crippen molar-refractivity contribution in [1.29, 1.82) is 0 Å². The van der Waals surface area contributed by atoms with Gasteiger partial charge in [-0.2, -0.15) is 0 Å². The molecule has 4 amide bonds. The molecule has 2 heterocycles. The van der Waals surface area contributed by atoms with E-state index >= 15 is 0 Å². The lowest BCUT2D eigenvalue weighted by Gasteiger charge is -2.17. The number of rotatable bonds is 4. The minimum atomic E-state index is -0.317. The predicted octanol–water partition coefficient (Wildman–Crippen LogP) is 3.87. The van der Waals surface area contributed by atoms with E-state index in [9.17, 15) is 14.4 Å². The number of hydrogen-bond donors (Lipinski definition) is 2. The molecule has 2 N–H and O–H groups in total. The Morgan fingerprint density at radius 1 is 0.970 bits per heavy atom. The van der Waals surface area contributed by atoms with E-state index in [1.165, 1.54) is 4.90 Å². The van der Waals surface area contributed by atoms with Gasteiger partial charge in [-0.15, -0.1) is 0 Å². The van der Waals surface area contributed by atoms with Crippen molar-refractivity contribution < 1.29 is 14.4 Å². The number of pyridine rings is 1. The predicted molar refractivity (Wildman–Crippen MR) is 124 cm³/mol. The van der Waals surface area contributed by atoms with E-state index in [4.69, 9.17) is 0 Å². The van der Waals surface area contributed by atoms with Gasteiger partial charge in [0.15, 0.2) is 0 Å². The number of urea groups is 1. The van der Waals surface area contributed by atoms with Crippen molar-refractivity contribution in [3.05, 3.63) is 78.5 Å². The fourth-order valence-electron chi connectivity index (χ4n) is 5.43. The Labute approximate surface area is 190 Å².